The van der Waals surface area contributed by atoms with Gasteiger partial charge in [0.15, 0.2) is 0 Å². The van der Waals surface area contributed by atoms with Crippen LogP contribution in [0.5, 0.6) is 0 Å². The molecular formula is C10H20N2. The Balaban J connectivity index is 2.37. The number of nitrogens with two attached hydrogens (primary N) is 1. The van der Waals surface area contributed by atoms with Gasteiger partial charge in [0.2, 0.25) is 0 Å². The van der Waals surface area contributed by atoms with Crippen LogP contribution >= 0.6 is 0 Å². The van der Waals surface area contributed by atoms with Crippen molar-refractivity contribution in [3.8, 4) is 0 Å². The first kappa shape index (κ1) is 9.59. The monoisotopic (exact) mass is 168 g/mol. The molecule has 0 radical (unpaired) electrons. The van der Waals surface area contributed by atoms with E-state index in [9.17, 15) is 0 Å². The molecule has 12 heavy (non-hydrogen) atoms. The summed E-state index contributed by atoms with van der Waals surface area (Å²) < 4.78 is 0. The second kappa shape index (κ2) is 3.48. The van der Waals surface area contributed by atoms with Crippen LogP contribution in [0.1, 0.15) is 33.1 Å². The van der Waals surface area contributed by atoms with Crippen molar-refractivity contribution >= 4 is 0 Å². The first-order valence-electron chi connectivity index (χ1n) is 4.71. The van der Waals surface area contributed by atoms with Crippen LogP contribution in [-0.2, 0) is 0 Å². The van der Waals surface area contributed by atoms with Crippen molar-refractivity contribution in [2.24, 2.45) is 5.73 Å². The molecule has 1 aliphatic heterocycles. The van der Waals surface area contributed by atoms with E-state index in [4.69, 9.17) is 5.73 Å². The van der Waals surface area contributed by atoms with Gasteiger partial charge in [0.05, 0.1) is 0 Å². The van der Waals surface area contributed by atoms with E-state index in [1.54, 1.807) is 0 Å². The second-order valence-corrected chi connectivity index (χ2v) is 4.43. The molecule has 0 bridgehead atoms. The fourth-order valence-corrected chi connectivity index (χ4v) is 1.67. The summed E-state index contributed by atoms with van der Waals surface area (Å²) in [6, 6.07) is 0. The highest BCUT2D eigenvalue weighted by molar-refractivity contribution is 5.01. The normalized spacial score (nSPS) is 18.4. The van der Waals surface area contributed by atoms with Gasteiger partial charge in [-0.1, -0.05) is 6.58 Å². The Kier molecular flexibility index (Phi) is 2.78. The zero-order valence-corrected chi connectivity index (χ0v) is 8.27. The minimum atomic E-state index is -0.111. The molecule has 1 fully saturated rings. The van der Waals surface area contributed by atoms with E-state index >= 15 is 0 Å². The maximum absolute atomic E-state index is 5.92. The largest absolute Gasteiger partial charge is 0.375 e. The lowest BCUT2D eigenvalue weighted by molar-refractivity contribution is 0.371. The van der Waals surface area contributed by atoms with E-state index in [0.717, 1.165) is 6.42 Å². The molecule has 0 amide bonds. The van der Waals surface area contributed by atoms with Crippen molar-refractivity contribution in [1.82, 2.24) is 4.90 Å². The van der Waals surface area contributed by atoms with E-state index < -0.39 is 0 Å². The fraction of sp³-hybridized carbons (Fsp3) is 0.800. The van der Waals surface area contributed by atoms with Crippen LogP contribution in [0, 0.1) is 0 Å². The summed E-state index contributed by atoms with van der Waals surface area (Å²) in [6.45, 7) is 10.5. The third-order valence-electron chi connectivity index (χ3n) is 2.21. The maximum Gasteiger partial charge on any atom is 0.0175 e. The predicted molar refractivity (Wildman–Crippen MR) is 52.8 cm³/mol. The molecule has 0 saturated carbocycles. The third kappa shape index (κ3) is 2.86. The average molecular weight is 168 g/mol. The smallest absolute Gasteiger partial charge is 0.0175 e. The van der Waals surface area contributed by atoms with Gasteiger partial charge in [-0.15, -0.1) is 0 Å². The number of hydrogen-bond donors (Lipinski definition) is 1. The Morgan fingerprint density at radius 1 is 1.42 bits per heavy atom. The van der Waals surface area contributed by atoms with Crippen LogP contribution in [0.3, 0.4) is 0 Å². The second-order valence-electron chi connectivity index (χ2n) is 4.43. The van der Waals surface area contributed by atoms with Crippen LogP contribution in [0.15, 0.2) is 12.3 Å². The molecule has 70 valence electrons. The molecule has 0 atom stereocenters. The molecule has 0 aliphatic carbocycles. The molecular weight excluding hydrogens is 148 g/mol. The highest BCUT2D eigenvalue weighted by Gasteiger charge is 2.18. The van der Waals surface area contributed by atoms with Gasteiger partial charge in [-0.05, 0) is 26.7 Å². The SMILES string of the molecule is C=C(CC(C)(C)N)N1CCCC1. The van der Waals surface area contributed by atoms with Gasteiger partial charge in [0, 0.05) is 30.7 Å². The zero-order valence-electron chi connectivity index (χ0n) is 8.27. The lowest BCUT2D eigenvalue weighted by Crippen LogP contribution is -2.35. The van der Waals surface area contributed by atoms with Gasteiger partial charge >= 0.3 is 0 Å². The summed E-state index contributed by atoms with van der Waals surface area (Å²) in [5.41, 5.74) is 7.01. The molecule has 2 nitrogen and oxygen atoms in total. The number of nitrogens with zero attached hydrogens (tertiary/aromatic N) is 1. The molecule has 2 N–H and O–H groups in total. The Hall–Kier alpha value is -0.500. The van der Waals surface area contributed by atoms with Crippen LogP contribution in [0.2, 0.25) is 0 Å². The summed E-state index contributed by atoms with van der Waals surface area (Å²) in [6.07, 6.45) is 3.53. The van der Waals surface area contributed by atoms with Gasteiger partial charge in [-0.25, -0.2) is 0 Å². The van der Waals surface area contributed by atoms with Crippen molar-refractivity contribution in [2.75, 3.05) is 13.1 Å². The molecule has 0 unspecified atom stereocenters. The number of likely N-dealkylation sites (tertiary alicyclic amines) is 1. The molecule has 0 aromatic rings. The lowest BCUT2D eigenvalue weighted by atomic mass is 10.0. The van der Waals surface area contributed by atoms with Gasteiger partial charge in [0.1, 0.15) is 0 Å². The Bertz CT molecular complexity index is 161. The summed E-state index contributed by atoms with van der Waals surface area (Å²) in [7, 11) is 0. The quantitative estimate of drug-likeness (QED) is 0.695. The Morgan fingerprint density at radius 2 is 1.92 bits per heavy atom. The minimum absolute atomic E-state index is 0.111. The Morgan fingerprint density at radius 3 is 2.33 bits per heavy atom. The molecule has 1 aliphatic rings. The van der Waals surface area contributed by atoms with Gasteiger partial charge in [-0.2, -0.15) is 0 Å². The maximum atomic E-state index is 5.92. The van der Waals surface area contributed by atoms with Crippen molar-refractivity contribution in [3.05, 3.63) is 12.3 Å². The van der Waals surface area contributed by atoms with Crippen LogP contribution in [0.4, 0.5) is 0 Å². The molecule has 0 spiro atoms. The van der Waals surface area contributed by atoms with Crippen LogP contribution in [0.25, 0.3) is 0 Å². The van der Waals surface area contributed by atoms with E-state index in [1.807, 2.05) is 13.8 Å². The highest BCUT2D eigenvalue weighted by Crippen LogP contribution is 2.19. The summed E-state index contributed by atoms with van der Waals surface area (Å²) in [4.78, 5) is 2.36. The minimum Gasteiger partial charge on any atom is -0.375 e. The van der Waals surface area contributed by atoms with Crippen molar-refractivity contribution in [2.45, 2.75) is 38.6 Å². The van der Waals surface area contributed by atoms with Crippen molar-refractivity contribution in [1.29, 1.82) is 0 Å². The molecule has 0 aromatic carbocycles. The van der Waals surface area contributed by atoms with Crippen molar-refractivity contribution < 1.29 is 0 Å². The van der Waals surface area contributed by atoms with E-state index in [0.29, 0.717) is 0 Å². The molecule has 0 aromatic heterocycles. The molecule has 1 heterocycles. The van der Waals surface area contributed by atoms with Gasteiger partial charge < -0.3 is 10.6 Å². The van der Waals surface area contributed by atoms with Gasteiger partial charge in [0.25, 0.3) is 0 Å². The summed E-state index contributed by atoms with van der Waals surface area (Å²) in [5, 5.41) is 0. The topological polar surface area (TPSA) is 29.3 Å². The number of rotatable bonds is 3. The highest BCUT2D eigenvalue weighted by atomic mass is 15.1. The van der Waals surface area contributed by atoms with Gasteiger partial charge in [-0.3, -0.25) is 0 Å². The van der Waals surface area contributed by atoms with Crippen molar-refractivity contribution in [3.63, 3.8) is 0 Å². The molecule has 1 rings (SSSR count). The predicted octanol–water partition coefficient (Wildman–Crippen LogP) is 1.72. The summed E-state index contributed by atoms with van der Waals surface area (Å²) >= 11 is 0. The molecule has 1 saturated heterocycles. The summed E-state index contributed by atoms with van der Waals surface area (Å²) in [5.74, 6) is 0. The first-order valence-corrected chi connectivity index (χ1v) is 4.71. The Labute approximate surface area is 75.4 Å². The molecule has 2 heteroatoms. The third-order valence-corrected chi connectivity index (χ3v) is 2.21. The lowest BCUT2D eigenvalue weighted by Gasteiger charge is -2.26. The van der Waals surface area contributed by atoms with Crippen LogP contribution in [-0.4, -0.2) is 23.5 Å². The van der Waals surface area contributed by atoms with E-state index in [1.165, 1.54) is 31.6 Å². The van der Waals surface area contributed by atoms with E-state index in [-0.39, 0.29) is 5.54 Å². The fourth-order valence-electron chi connectivity index (χ4n) is 1.67. The first-order chi connectivity index (χ1) is 5.49. The van der Waals surface area contributed by atoms with E-state index in [2.05, 4.69) is 11.5 Å². The average Bonchev–Trinajstić information content (AvgIpc) is 2.32. The van der Waals surface area contributed by atoms with Crippen LogP contribution < -0.4 is 5.73 Å². The number of hydrogen-bond acceptors (Lipinski definition) is 2. The zero-order chi connectivity index (χ0) is 9.19. The standard InChI is InChI=1S/C10H20N2/c1-9(8-10(2,3)11)12-6-4-5-7-12/h1,4-8,11H2,2-3H3.